The Morgan fingerprint density at radius 3 is 2.23 bits per heavy atom. The normalized spacial score (nSPS) is 11.5. The van der Waals surface area contributed by atoms with E-state index in [2.05, 4.69) is 20.6 Å². The van der Waals surface area contributed by atoms with Crippen molar-refractivity contribution in [3.8, 4) is 0 Å². The summed E-state index contributed by atoms with van der Waals surface area (Å²) in [7, 11) is -3.67. The van der Waals surface area contributed by atoms with Crippen LogP contribution in [0.3, 0.4) is 0 Å². The summed E-state index contributed by atoms with van der Waals surface area (Å²) in [6, 6.07) is 10.2. The first kappa shape index (κ1) is 30.6. The fourth-order valence-corrected chi connectivity index (χ4v) is 3.95. The van der Waals surface area contributed by atoms with Gasteiger partial charge in [-0.2, -0.15) is 21.6 Å². The molecule has 0 spiro atoms. The Morgan fingerprint density at radius 1 is 1.05 bits per heavy atom. The van der Waals surface area contributed by atoms with Crippen molar-refractivity contribution in [3.05, 3.63) is 81.9 Å². The lowest BCUT2D eigenvalue weighted by Gasteiger charge is -2.11. The molecule has 0 aliphatic rings. The van der Waals surface area contributed by atoms with Crippen molar-refractivity contribution in [1.82, 2.24) is 14.4 Å². The first-order chi connectivity index (χ1) is 18.6. The van der Waals surface area contributed by atoms with Crippen molar-refractivity contribution in [2.75, 3.05) is 22.6 Å². The summed E-state index contributed by atoms with van der Waals surface area (Å²) in [6.07, 6.45) is -2.13. The van der Waals surface area contributed by atoms with Crippen molar-refractivity contribution in [2.24, 2.45) is 0 Å². The van der Waals surface area contributed by atoms with Crippen LogP contribution in [-0.4, -0.2) is 45.4 Å². The minimum absolute atomic E-state index is 0.0123. The monoisotopic (exact) mass is 618 g/mol. The zero-order chi connectivity index (χ0) is 29.8. The maximum Gasteiger partial charge on any atom is 0.435 e. The molecule has 0 fully saturated rings. The molecule has 17 heteroatoms. The molecule has 2 amide bonds. The molecule has 3 aromatic heterocycles. The quantitative estimate of drug-likeness (QED) is 0.236. The number of amides is 2. The van der Waals surface area contributed by atoms with Gasteiger partial charge in [0.25, 0.3) is 16.0 Å². The number of pyridine rings is 2. The fourth-order valence-electron chi connectivity index (χ4n) is 3.38. The molecule has 212 valence electrons. The second kappa shape index (κ2) is 12.1. The molecule has 0 unspecified atom stereocenters. The minimum Gasteiger partial charge on any atom is -0.382 e. The lowest BCUT2D eigenvalue weighted by atomic mass is 10.2. The van der Waals surface area contributed by atoms with Gasteiger partial charge in [0.1, 0.15) is 5.82 Å². The van der Waals surface area contributed by atoms with Crippen molar-refractivity contribution in [3.63, 3.8) is 0 Å². The van der Waals surface area contributed by atoms with E-state index in [1.807, 2.05) is 0 Å². The number of imidazole rings is 1. The topological polar surface area (TPSA) is 169 Å². The number of nitrogens with zero attached hydrogens (tertiary/aromatic N) is 3. The Bertz CT molecular complexity index is 1670. The largest absolute Gasteiger partial charge is 0.435 e. The zero-order valence-electron chi connectivity index (χ0n) is 20.2. The third-order valence-corrected chi connectivity index (χ3v) is 5.53. The smallest absolute Gasteiger partial charge is 0.382 e. The summed E-state index contributed by atoms with van der Waals surface area (Å²) in [5.41, 5.74) is 3.83. The van der Waals surface area contributed by atoms with E-state index in [0.29, 0.717) is 6.26 Å². The van der Waals surface area contributed by atoms with Gasteiger partial charge in [0.2, 0.25) is 5.91 Å². The van der Waals surface area contributed by atoms with Gasteiger partial charge in [0.15, 0.2) is 11.3 Å². The maximum atomic E-state index is 13.8. The van der Waals surface area contributed by atoms with Gasteiger partial charge in [-0.05, 0) is 36.4 Å². The Hall–Kier alpha value is -3.92. The predicted octanol–water partition coefficient (Wildman–Crippen LogP) is 4.57. The first-order valence-corrected chi connectivity index (χ1v) is 13.4. The third kappa shape index (κ3) is 7.81. The third-order valence-electron chi connectivity index (χ3n) is 4.90. The van der Waals surface area contributed by atoms with Crippen LogP contribution in [0, 0.1) is 0 Å². The first-order valence-electron chi connectivity index (χ1n) is 10.8. The highest BCUT2D eigenvalue weighted by atomic mass is 35.5. The number of nitrogens with one attached hydrogen (secondary N) is 2. The van der Waals surface area contributed by atoms with Crippen LogP contribution in [0.25, 0.3) is 5.65 Å². The average molecular weight is 619 g/mol. The van der Waals surface area contributed by atoms with E-state index >= 15 is 0 Å². The van der Waals surface area contributed by atoms with Crippen molar-refractivity contribution < 1.29 is 35.7 Å². The highest BCUT2D eigenvalue weighted by Gasteiger charge is 2.38. The molecule has 0 atom stereocenters. The van der Waals surface area contributed by atoms with Crippen LogP contribution >= 0.6 is 23.2 Å². The molecule has 0 bridgehead atoms. The van der Waals surface area contributed by atoms with Gasteiger partial charge >= 0.3 is 6.18 Å². The van der Waals surface area contributed by atoms with Crippen LogP contribution < -0.4 is 16.4 Å². The number of carbonyl (C=O) groups excluding carboxylic acids is 2. The Labute approximate surface area is 234 Å². The van der Waals surface area contributed by atoms with E-state index in [9.17, 15) is 31.2 Å². The molecule has 40 heavy (non-hydrogen) atoms. The second-order valence-electron chi connectivity index (χ2n) is 7.97. The highest BCUT2D eigenvalue weighted by Crippen LogP contribution is 2.34. The average Bonchev–Trinajstić information content (AvgIpc) is 3.19. The van der Waals surface area contributed by atoms with Gasteiger partial charge in [-0.15, -0.1) is 0 Å². The lowest BCUT2D eigenvalue weighted by molar-refractivity contribution is -0.141. The molecule has 1 aromatic carbocycles. The van der Waals surface area contributed by atoms with Gasteiger partial charge in [-0.3, -0.25) is 14.1 Å². The van der Waals surface area contributed by atoms with Gasteiger partial charge in [-0.25, -0.2) is 9.97 Å². The Kier molecular flexibility index (Phi) is 9.25. The summed E-state index contributed by atoms with van der Waals surface area (Å²) in [5.74, 6) is -1.50. The van der Waals surface area contributed by atoms with Crippen LogP contribution in [0.4, 0.5) is 30.4 Å². The molecule has 0 aliphatic heterocycles. The summed E-state index contributed by atoms with van der Waals surface area (Å²) >= 11 is 12.1. The molecule has 0 radical (unpaired) electrons. The van der Waals surface area contributed by atoms with E-state index < -0.39 is 45.9 Å². The van der Waals surface area contributed by atoms with E-state index in [1.54, 1.807) is 6.07 Å². The number of hydrogen-bond donors (Lipinski definition) is 4. The molecule has 4 rings (SSSR count). The van der Waals surface area contributed by atoms with E-state index in [1.165, 1.54) is 48.8 Å². The zero-order valence-corrected chi connectivity index (χ0v) is 22.5. The predicted molar refractivity (Wildman–Crippen MR) is 143 cm³/mol. The number of halogens is 5. The summed E-state index contributed by atoms with van der Waals surface area (Å²) in [4.78, 5) is 32.9. The van der Waals surface area contributed by atoms with Crippen LogP contribution in [0.5, 0.6) is 0 Å². The standard InChI is InChI=1S/C22H15Cl2F3N6O2.CH4O3S/c23-11-4-1-5-12(24)17(11)21(35)31-14-7-3-9-33-15(18(22(25,26)27)32-20(14)33)10-16(34)30-13-6-2-8-29-19(13)28;1-5(2,3)4/h1-9H,10H2,(H2,28,29)(H,30,34)(H,31,35);1H3,(H,2,3,4). The summed E-state index contributed by atoms with van der Waals surface area (Å²) < 4.78 is 68.5. The number of carbonyl (C=O) groups is 2. The highest BCUT2D eigenvalue weighted by molar-refractivity contribution is 7.85. The number of benzene rings is 1. The maximum absolute atomic E-state index is 13.8. The van der Waals surface area contributed by atoms with Crippen LogP contribution in [0.2, 0.25) is 10.0 Å². The van der Waals surface area contributed by atoms with E-state index in [4.69, 9.17) is 33.5 Å². The van der Waals surface area contributed by atoms with Crippen LogP contribution in [-0.2, 0) is 27.5 Å². The van der Waals surface area contributed by atoms with Crippen LogP contribution in [0.1, 0.15) is 21.7 Å². The van der Waals surface area contributed by atoms with Gasteiger partial charge in [-0.1, -0.05) is 29.3 Å². The molecule has 5 N–H and O–H groups in total. The van der Waals surface area contributed by atoms with Crippen molar-refractivity contribution >= 4 is 68.0 Å². The molecule has 11 nitrogen and oxygen atoms in total. The SMILES string of the molecule is CS(=O)(=O)O.Nc1ncccc1NC(=O)Cc1c(C(F)(F)F)nc2c(NC(=O)c3c(Cl)cccc3Cl)cccn12. The summed E-state index contributed by atoms with van der Waals surface area (Å²) in [5, 5.41) is 5.06. The van der Waals surface area contributed by atoms with Crippen molar-refractivity contribution in [1.29, 1.82) is 0 Å². The number of hydrogen-bond acceptors (Lipinski definition) is 7. The minimum atomic E-state index is -4.87. The molecule has 4 aromatic rings. The fraction of sp³-hybridized carbons (Fsp3) is 0.130. The molecular formula is C23H19Cl2F3N6O5S. The number of anilines is 3. The number of nitrogens with two attached hydrogens (primary N) is 1. The van der Waals surface area contributed by atoms with Gasteiger partial charge < -0.3 is 20.8 Å². The van der Waals surface area contributed by atoms with Gasteiger partial charge in [0, 0.05) is 12.4 Å². The number of fused-ring (bicyclic) bond motifs is 1. The molecular weight excluding hydrogens is 600 g/mol. The van der Waals surface area contributed by atoms with Gasteiger partial charge in [0.05, 0.1) is 45.4 Å². The molecule has 3 heterocycles. The van der Waals surface area contributed by atoms with Crippen LogP contribution in [0.15, 0.2) is 54.9 Å². The van der Waals surface area contributed by atoms with E-state index in [-0.39, 0.29) is 38.4 Å². The number of rotatable bonds is 5. The Morgan fingerprint density at radius 2 is 1.65 bits per heavy atom. The summed E-state index contributed by atoms with van der Waals surface area (Å²) in [6.45, 7) is 0. The molecule has 0 saturated heterocycles. The Balaban J connectivity index is 0.000000810. The number of aromatic nitrogens is 3. The number of alkyl halides is 3. The lowest BCUT2D eigenvalue weighted by Crippen LogP contribution is -2.19. The second-order valence-corrected chi connectivity index (χ2v) is 10.2. The number of nitrogen functional groups attached to an aromatic ring is 1. The molecule has 0 aliphatic carbocycles. The van der Waals surface area contributed by atoms with E-state index in [0.717, 1.165) is 4.40 Å². The van der Waals surface area contributed by atoms with Crippen molar-refractivity contribution in [2.45, 2.75) is 12.6 Å². The molecule has 0 saturated carbocycles.